The Labute approximate surface area is 126 Å². The summed E-state index contributed by atoms with van der Waals surface area (Å²) < 4.78 is 5.46. The molecule has 0 bridgehead atoms. The first kappa shape index (κ1) is 16.2. The van der Waals surface area contributed by atoms with E-state index in [0.717, 1.165) is 6.54 Å². The molecule has 0 saturated carbocycles. The summed E-state index contributed by atoms with van der Waals surface area (Å²) in [4.78, 5) is 28.3. The summed E-state index contributed by atoms with van der Waals surface area (Å²) in [6.45, 7) is 8.77. The van der Waals surface area contributed by atoms with E-state index in [1.54, 1.807) is 0 Å². The molecule has 120 valence electrons. The lowest BCUT2D eigenvalue weighted by molar-refractivity contribution is -0.141. The number of nitrogens with zero attached hydrogens (tertiary/aromatic N) is 2. The highest BCUT2D eigenvalue weighted by Gasteiger charge is 2.31. The van der Waals surface area contributed by atoms with Crippen molar-refractivity contribution in [3.05, 3.63) is 0 Å². The molecule has 7 heteroatoms. The monoisotopic (exact) mass is 298 g/mol. The molecule has 0 aromatic heterocycles. The predicted octanol–water partition coefficient (Wildman–Crippen LogP) is -1.36. The summed E-state index contributed by atoms with van der Waals surface area (Å²) in [5.41, 5.74) is 0. The van der Waals surface area contributed by atoms with Crippen LogP contribution in [0, 0.1) is 0 Å². The highest BCUT2D eigenvalue weighted by Crippen LogP contribution is 2.08. The van der Waals surface area contributed by atoms with Crippen molar-refractivity contribution in [3.8, 4) is 0 Å². The number of ether oxygens (including phenoxy) is 1. The van der Waals surface area contributed by atoms with E-state index >= 15 is 0 Å². The summed E-state index contributed by atoms with van der Waals surface area (Å²) in [6.07, 6.45) is 0.0879. The Morgan fingerprint density at radius 2 is 2.19 bits per heavy atom. The second-order valence-corrected chi connectivity index (χ2v) is 5.61. The number of morpholine rings is 1. The second kappa shape index (κ2) is 7.72. The summed E-state index contributed by atoms with van der Waals surface area (Å²) >= 11 is 0. The van der Waals surface area contributed by atoms with Gasteiger partial charge < -0.3 is 20.3 Å². The van der Waals surface area contributed by atoms with Crippen LogP contribution in [0.5, 0.6) is 0 Å². The quantitative estimate of drug-likeness (QED) is 0.671. The Morgan fingerprint density at radius 3 is 2.90 bits per heavy atom. The van der Waals surface area contributed by atoms with Gasteiger partial charge in [-0.05, 0) is 13.8 Å². The molecule has 2 atom stereocenters. The molecule has 2 saturated heterocycles. The van der Waals surface area contributed by atoms with Crippen LogP contribution >= 0.6 is 0 Å². The topological polar surface area (TPSA) is 73.9 Å². The third-order valence-electron chi connectivity index (χ3n) is 3.94. The number of carbonyl (C=O) groups excluding carboxylic acids is 2. The third-order valence-corrected chi connectivity index (χ3v) is 3.94. The number of hydrogen-bond acceptors (Lipinski definition) is 5. The van der Waals surface area contributed by atoms with E-state index in [-0.39, 0.29) is 24.0 Å². The maximum absolute atomic E-state index is 12.4. The highest BCUT2D eigenvalue weighted by atomic mass is 16.5. The van der Waals surface area contributed by atoms with Gasteiger partial charge in [-0.15, -0.1) is 0 Å². The van der Waals surface area contributed by atoms with Gasteiger partial charge in [0.15, 0.2) is 0 Å². The van der Waals surface area contributed by atoms with E-state index in [9.17, 15) is 9.59 Å². The van der Waals surface area contributed by atoms with Crippen molar-refractivity contribution in [1.29, 1.82) is 0 Å². The molecule has 7 nitrogen and oxygen atoms in total. The molecule has 2 fully saturated rings. The van der Waals surface area contributed by atoms with Crippen LogP contribution in [-0.2, 0) is 14.3 Å². The van der Waals surface area contributed by atoms with Gasteiger partial charge in [-0.2, -0.15) is 0 Å². The highest BCUT2D eigenvalue weighted by molar-refractivity contribution is 5.84. The van der Waals surface area contributed by atoms with E-state index < -0.39 is 0 Å². The van der Waals surface area contributed by atoms with Gasteiger partial charge in [0, 0.05) is 39.3 Å². The molecule has 0 spiro atoms. The van der Waals surface area contributed by atoms with Gasteiger partial charge in [-0.3, -0.25) is 14.5 Å². The lowest BCUT2D eigenvalue weighted by atomic mass is 10.1. The van der Waals surface area contributed by atoms with Crippen LogP contribution in [0.2, 0.25) is 0 Å². The fourth-order valence-electron chi connectivity index (χ4n) is 2.80. The van der Waals surface area contributed by atoms with Crippen LogP contribution in [0.15, 0.2) is 0 Å². The molecule has 2 aliphatic heterocycles. The molecule has 0 aromatic rings. The number of hydrogen-bond donors (Lipinski definition) is 2. The normalized spacial score (nSPS) is 27.4. The first-order chi connectivity index (χ1) is 10.1. The number of carbonyl (C=O) groups is 2. The number of amides is 2. The van der Waals surface area contributed by atoms with E-state index in [1.807, 2.05) is 23.6 Å². The molecule has 0 aromatic carbocycles. The summed E-state index contributed by atoms with van der Waals surface area (Å²) in [5.74, 6) is 0.0780. The molecule has 2 N–H and O–H groups in total. The van der Waals surface area contributed by atoms with E-state index in [2.05, 4.69) is 10.6 Å². The molecule has 21 heavy (non-hydrogen) atoms. The average Bonchev–Trinajstić information content (AvgIpc) is 2.48. The van der Waals surface area contributed by atoms with Crippen molar-refractivity contribution in [2.24, 2.45) is 0 Å². The molecule has 0 aliphatic carbocycles. The van der Waals surface area contributed by atoms with Crippen LogP contribution in [0.4, 0.5) is 0 Å². The largest absolute Gasteiger partial charge is 0.375 e. The van der Waals surface area contributed by atoms with Crippen LogP contribution in [0.3, 0.4) is 0 Å². The first-order valence-electron chi connectivity index (χ1n) is 7.73. The minimum Gasteiger partial charge on any atom is -0.375 e. The Bertz CT molecular complexity index is 377. The van der Waals surface area contributed by atoms with Crippen molar-refractivity contribution in [1.82, 2.24) is 20.4 Å². The van der Waals surface area contributed by atoms with Gasteiger partial charge in [0.05, 0.1) is 19.3 Å². The van der Waals surface area contributed by atoms with Gasteiger partial charge in [0.1, 0.15) is 6.04 Å². The first-order valence-corrected chi connectivity index (χ1v) is 7.73. The third kappa shape index (κ3) is 4.39. The van der Waals surface area contributed by atoms with Crippen LogP contribution in [0.1, 0.15) is 13.8 Å². The molecule has 2 aliphatic rings. The molecule has 2 rings (SSSR count). The van der Waals surface area contributed by atoms with Gasteiger partial charge in [0.25, 0.3) is 0 Å². The predicted molar refractivity (Wildman–Crippen MR) is 78.9 cm³/mol. The van der Waals surface area contributed by atoms with Crippen molar-refractivity contribution in [2.75, 3.05) is 52.4 Å². The zero-order valence-corrected chi connectivity index (χ0v) is 12.9. The summed E-state index contributed by atoms with van der Waals surface area (Å²) in [7, 11) is 0. The SMILES string of the molecule is CCNC(=O)C1CNCCN1CC(=O)N1CCOC(C)C1. The summed E-state index contributed by atoms with van der Waals surface area (Å²) in [5, 5.41) is 6.06. The number of rotatable bonds is 4. The van der Waals surface area contributed by atoms with Gasteiger partial charge in [-0.1, -0.05) is 0 Å². The fraction of sp³-hybridized carbons (Fsp3) is 0.857. The average molecular weight is 298 g/mol. The maximum atomic E-state index is 12.4. The molecule has 2 unspecified atom stereocenters. The van der Waals surface area contributed by atoms with Crippen molar-refractivity contribution in [3.63, 3.8) is 0 Å². The Balaban J connectivity index is 1.92. The maximum Gasteiger partial charge on any atom is 0.238 e. The lowest BCUT2D eigenvalue weighted by Gasteiger charge is -2.37. The number of likely N-dealkylation sites (N-methyl/N-ethyl adjacent to an activating group) is 1. The molecule has 0 radical (unpaired) electrons. The van der Waals surface area contributed by atoms with Crippen molar-refractivity contribution >= 4 is 11.8 Å². The zero-order chi connectivity index (χ0) is 15.2. The van der Waals surface area contributed by atoms with E-state index in [0.29, 0.717) is 45.9 Å². The Hall–Kier alpha value is -1.18. The van der Waals surface area contributed by atoms with E-state index in [1.165, 1.54) is 0 Å². The molecular weight excluding hydrogens is 272 g/mol. The fourth-order valence-corrected chi connectivity index (χ4v) is 2.80. The smallest absolute Gasteiger partial charge is 0.238 e. The van der Waals surface area contributed by atoms with Crippen molar-refractivity contribution in [2.45, 2.75) is 26.0 Å². The number of nitrogens with one attached hydrogen (secondary N) is 2. The molecular formula is C14H26N4O3. The summed E-state index contributed by atoms with van der Waals surface area (Å²) in [6, 6.07) is -0.263. The minimum atomic E-state index is -0.263. The van der Waals surface area contributed by atoms with Gasteiger partial charge in [-0.25, -0.2) is 0 Å². The number of piperazine rings is 1. The Kier molecular flexibility index (Phi) is 5.96. The Morgan fingerprint density at radius 1 is 1.38 bits per heavy atom. The van der Waals surface area contributed by atoms with Gasteiger partial charge >= 0.3 is 0 Å². The van der Waals surface area contributed by atoms with E-state index in [4.69, 9.17) is 4.74 Å². The zero-order valence-electron chi connectivity index (χ0n) is 12.9. The van der Waals surface area contributed by atoms with Crippen LogP contribution in [0.25, 0.3) is 0 Å². The second-order valence-electron chi connectivity index (χ2n) is 5.61. The van der Waals surface area contributed by atoms with Crippen LogP contribution < -0.4 is 10.6 Å². The van der Waals surface area contributed by atoms with Crippen molar-refractivity contribution < 1.29 is 14.3 Å². The standard InChI is InChI=1S/C14H26N4O3/c1-3-16-14(20)12-8-15-4-5-17(12)10-13(19)18-6-7-21-11(2)9-18/h11-12,15H,3-10H2,1-2H3,(H,16,20). The minimum absolute atomic E-state index is 0.00662. The molecule has 2 amide bonds. The lowest BCUT2D eigenvalue weighted by Crippen LogP contribution is -2.60. The van der Waals surface area contributed by atoms with Gasteiger partial charge in [0.2, 0.25) is 11.8 Å². The molecule has 2 heterocycles. The van der Waals surface area contributed by atoms with Crippen LogP contribution in [-0.4, -0.2) is 86.2 Å².